The van der Waals surface area contributed by atoms with E-state index in [-0.39, 0.29) is 4.90 Å². The Kier molecular flexibility index (Phi) is 4.50. The molecule has 3 aromatic rings. The van der Waals surface area contributed by atoms with Crippen LogP contribution in [0.5, 0.6) is 0 Å². The van der Waals surface area contributed by atoms with Gasteiger partial charge in [-0.05, 0) is 49.4 Å². The Labute approximate surface area is 168 Å². The molecule has 0 saturated carbocycles. The summed E-state index contributed by atoms with van der Waals surface area (Å²) >= 11 is 6.36. The van der Waals surface area contributed by atoms with Crippen LogP contribution in [-0.4, -0.2) is 17.3 Å². The molecule has 0 radical (unpaired) electrons. The summed E-state index contributed by atoms with van der Waals surface area (Å²) in [5.41, 5.74) is 2.88. The van der Waals surface area contributed by atoms with Crippen LogP contribution in [0.2, 0.25) is 5.02 Å². The number of halogens is 1. The van der Waals surface area contributed by atoms with Gasteiger partial charge < -0.3 is 4.57 Å². The highest BCUT2D eigenvalue weighted by atomic mass is 35.5. The van der Waals surface area contributed by atoms with Gasteiger partial charge in [-0.3, -0.25) is 4.31 Å². The molecule has 1 aromatic heterocycles. The Morgan fingerprint density at radius 3 is 2.39 bits per heavy atom. The second-order valence-corrected chi connectivity index (χ2v) is 8.73. The lowest BCUT2D eigenvalue weighted by Crippen LogP contribution is -2.32. The number of rotatable bonds is 3. The van der Waals surface area contributed by atoms with Crippen molar-refractivity contribution in [1.29, 1.82) is 5.26 Å². The number of fused-ring (bicyclic) bond motifs is 1. The van der Waals surface area contributed by atoms with E-state index in [4.69, 9.17) is 11.6 Å². The summed E-state index contributed by atoms with van der Waals surface area (Å²) in [6, 6.07) is 14.9. The van der Waals surface area contributed by atoms with Crippen molar-refractivity contribution in [3.8, 4) is 11.8 Å². The third-order valence-corrected chi connectivity index (χ3v) is 6.81. The highest BCUT2D eigenvalue weighted by molar-refractivity contribution is 7.89. The Bertz CT molecular complexity index is 1210. The molecule has 1 aliphatic heterocycles. The maximum absolute atomic E-state index is 13.2. The SMILES string of the molecule is Cc1ccc(S(=O)(=O)N2C=Cc3c(Cl)ccc(-n4cccc4)c3C2C#N)cc1. The lowest BCUT2D eigenvalue weighted by atomic mass is 9.96. The molecule has 4 rings (SSSR count). The van der Waals surface area contributed by atoms with E-state index in [9.17, 15) is 13.7 Å². The van der Waals surface area contributed by atoms with E-state index in [1.165, 1.54) is 6.20 Å². The molecule has 0 spiro atoms. The first kappa shape index (κ1) is 18.4. The molecule has 1 unspecified atom stereocenters. The van der Waals surface area contributed by atoms with Gasteiger partial charge in [-0.15, -0.1) is 0 Å². The van der Waals surface area contributed by atoms with Gasteiger partial charge in [0, 0.05) is 34.7 Å². The van der Waals surface area contributed by atoms with Crippen molar-refractivity contribution in [2.45, 2.75) is 17.9 Å². The molecule has 0 saturated heterocycles. The highest BCUT2D eigenvalue weighted by Crippen LogP contribution is 2.40. The van der Waals surface area contributed by atoms with Crippen LogP contribution in [0.15, 0.2) is 72.0 Å². The molecule has 5 nitrogen and oxygen atoms in total. The molecule has 1 aliphatic rings. The summed E-state index contributed by atoms with van der Waals surface area (Å²) in [6.45, 7) is 1.89. The molecule has 7 heteroatoms. The molecule has 1 atom stereocenters. The predicted molar refractivity (Wildman–Crippen MR) is 108 cm³/mol. The summed E-state index contributed by atoms with van der Waals surface area (Å²) in [5, 5.41) is 10.4. The monoisotopic (exact) mass is 409 g/mol. The van der Waals surface area contributed by atoms with Gasteiger partial charge in [0.2, 0.25) is 0 Å². The number of aromatic nitrogens is 1. The van der Waals surface area contributed by atoms with Gasteiger partial charge in [0.1, 0.15) is 0 Å². The molecular formula is C21H16ClN3O2S. The van der Waals surface area contributed by atoms with E-state index in [0.29, 0.717) is 21.8 Å². The largest absolute Gasteiger partial charge is 0.323 e. The molecule has 2 heterocycles. The first-order valence-corrected chi connectivity index (χ1v) is 10.4. The number of aryl methyl sites for hydroxylation is 1. The first-order chi connectivity index (χ1) is 13.4. The van der Waals surface area contributed by atoms with Crippen LogP contribution in [-0.2, 0) is 10.0 Å². The third-order valence-electron chi connectivity index (χ3n) is 4.73. The Balaban J connectivity index is 1.90. The molecule has 140 valence electrons. The van der Waals surface area contributed by atoms with Crippen LogP contribution in [0.4, 0.5) is 0 Å². The van der Waals surface area contributed by atoms with Crippen molar-refractivity contribution in [3.63, 3.8) is 0 Å². The number of nitrogens with zero attached hydrogens (tertiary/aromatic N) is 3. The van der Waals surface area contributed by atoms with Gasteiger partial charge in [0.05, 0.1) is 16.7 Å². The van der Waals surface area contributed by atoms with Crippen LogP contribution >= 0.6 is 11.6 Å². The van der Waals surface area contributed by atoms with Crippen LogP contribution in [0, 0.1) is 18.3 Å². The lowest BCUT2D eigenvalue weighted by molar-refractivity contribution is 0.460. The molecular weight excluding hydrogens is 394 g/mol. The van der Waals surface area contributed by atoms with Gasteiger partial charge in [-0.1, -0.05) is 29.3 Å². The minimum atomic E-state index is -3.91. The second kappa shape index (κ2) is 6.86. The highest BCUT2D eigenvalue weighted by Gasteiger charge is 2.35. The number of sulfonamides is 1. The summed E-state index contributed by atoms with van der Waals surface area (Å²) in [7, 11) is -3.91. The third kappa shape index (κ3) is 2.89. The molecule has 0 bridgehead atoms. The summed E-state index contributed by atoms with van der Waals surface area (Å²) in [6.07, 6.45) is 6.74. The fourth-order valence-electron chi connectivity index (χ4n) is 3.31. The summed E-state index contributed by atoms with van der Waals surface area (Å²) in [5.74, 6) is 0. The maximum atomic E-state index is 13.2. The molecule has 0 fully saturated rings. The molecule has 0 amide bonds. The average Bonchev–Trinajstić information content (AvgIpc) is 3.22. The fourth-order valence-corrected chi connectivity index (χ4v) is 4.91. The van der Waals surface area contributed by atoms with Crippen molar-refractivity contribution in [2.24, 2.45) is 0 Å². The van der Waals surface area contributed by atoms with E-state index in [1.54, 1.807) is 42.5 Å². The van der Waals surface area contributed by atoms with Crippen molar-refractivity contribution in [1.82, 2.24) is 8.87 Å². The number of hydrogen-bond donors (Lipinski definition) is 0. The molecule has 0 N–H and O–H groups in total. The van der Waals surface area contributed by atoms with E-state index in [0.717, 1.165) is 9.87 Å². The number of nitriles is 1. The zero-order valence-electron chi connectivity index (χ0n) is 14.9. The van der Waals surface area contributed by atoms with Crippen molar-refractivity contribution in [2.75, 3.05) is 0 Å². The minimum absolute atomic E-state index is 0.135. The van der Waals surface area contributed by atoms with Crippen LogP contribution in [0.3, 0.4) is 0 Å². The summed E-state index contributed by atoms with van der Waals surface area (Å²) < 4.78 is 29.4. The summed E-state index contributed by atoms with van der Waals surface area (Å²) in [4.78, 5) is 0.135. The van der Waals surface area contributed by atoms with Crippen LogP contribution < -0.4 is 0 Å². The van der Waals surface area contributed by atoms with E-state index in [1.807, 2.05) is 36.0 Å². The van der Waals surface area contributed by atoms with Gasteiger partial charge in [-0.2, -0.15) is 5.26 Å². The zero-order valence-corrected chi connectivity index (χ0v) is 16.5. The first-order valence-electron chi connectivity index (χ1n) is 8.57. The quantitative estimate of drug-likeness (QED) is 0.630. The van der Waals surface area contributed by atoms with Gasteiger partial charge >= 0.3 is 0 Å². The van der Waals surface area contributed by atoms with Crippen LogP contribution in [0.1, 0.15) is 22.7 Å². The zero-order chi connectivity index (χ0) is 19.9. The van der Waals surface area contributed by atoms with E-state index >= 15 is 0 Å². The number of hydrogen-bond acceptors (Lipinski definition) is 3. The van der Waals surface area contributed by atoms with Crippen molar-refractivity contribution in [3.05, 3.63) is 88.8 Å². The standard InChI is InChI=1S/C21H16ClN3O2S/c1-15-4-6-16(7-5-15)28(26,27)25-13-10-17-18(22)8-9-19(21(17)20(25)14-23)24-11-2-3-12-24/h2-13,20H,1H3. The normalized spacial score (nSPS) is 15.9. The van der Waals surface area contributed by atoms with Crippen molar-refractivity contribution >= 4 is 27.7 Å². The van der Waals surface area contributed by atoms with Gasteiger partial charge in [-0.25, -0.2) is 8.42 Å². The predicted octanol–water partition coefficient (Wildman–Crippen LogP) is 4.68. The lowest BCUT2D eigenvalue weighted by Gasteiger charge is -2.31. The molecule has 2 aromatic carbocycles. The number of benzene rings is 2. The minimum Gasteiger partial charge on any atom is -0.323 e. The van der Waals surface area contributed by atoms with E-state index < -0.39 is 16.1 Å². The maximum Gasteiger partial charge on any atom is 0.265 e. The van der Waals surface area contributed by atoms with Gasteiger partial charge in [0.15, 0.2) is 6.04 Å². The van der Waals surface area contributed by atoms with Crippen molar-refractivity contribution < 1.29 is 8.42 Å². The molecule has 28 heavy (non-hydrogen) atoms. The Morgan fingerprint density at radius 1 is 1.07 bits per heavy atom. The fraction of sp³-hybridized carbons (Fsp3) is 0.0952. The average molecular weight is 410 g/mol. The molecule has 0 aliphatic carbocycles. The Morgan fingerprint density at radius 2 is 1.75 bits per heavy atom. The topological polar surface area (TPSA) is 66.1 Å². The van der Waals surface area contributed by atoms with Crippen LogP contribution in [0.25, 0.3) is 11.8 Å². The van der Waals surface area contributed by atoms with E-state index in [2.05, 4.69) is 6.07 Å². The smallest absolute Gasteiger partial charge is 0.265 e. The second-order valence-electron chi connectivity index (χ2n) is 6.48. The Hall–Kier alpha value is -3.01. The van der Waals surface area contributed by atoms with Gasteiger partial charge in [0.25, 0.3) is 10.0 Å².